The van der Waals surface area contributed by atoms with Crippen molar-refractivity contribution in [3.05, 3.63) is 0 Å². The third-order valence-corrected chi connectivity index (χ3v) is 3.18. The Morgan fingerprint density at radius 2 is 1.89 bits per heavy atom. The Hall–Kier alpha value is -1.10. The summed E-state index contributed by atoms with van der Waals surface area (Å²) >= 11 is 0. The summed E-state index contributed by atoms with van der Waals surface area (Å²) in [4.78, 5) is 22.2. The van der Waals surface area contributed by atoms with Crippen molar-refractivity contribution in [1.82, 2.24) is 10.6 Å². The Morgan fingerprint density at radius 1 is 1.26 bits per heavy atom. The quantitative estimate of drug-likeness (QED) is 0.566. The predicted molar refractivity (Wildman–Crippen MR) is 76.0 cm³/mol. The number of hydrogen-bond donors (Lipinski definition) is 3. The van der Waals surface area contributed by atoms with Gasteiger partial charge in [-0.3, -0.25) is 9.59 Å². The van der Waals surface area contributed by atoms with Crippen LogP contribution in [-0.2, 0) is 9.59 Å². The summed E-state index contributed by atoms with van der Waals surface area (Å²) in [5.41, 5.74) is -0.0566. The number of nitrogens with one attached hydrogen (secondary N) is 2. The number of carbonyl (C=O) groups excluding carboxylic acids is 1. The number of aliphatic carboxylic acids is 1. The highest BCUT2D eigenvalue weighted by molar-refractivity contribution is 5.76. The standard InChI is InChI=1S/C14H28N2O3/c1-5-15-11(2)10-12(17)16-9-8-14(3,4)7-6-13(18)19/h11,15H,5-10H2,1-4H3,(H,16,17)(H,18,19). The highest BCUT2D eigenvalue weighted by atomic mass is 16.4. The van der Waals surface area contributed by atoms with E-state index in [-0.39, 0.29) is 23.8 Å². The molecule has 0 rings (SSSR count). The van der Waals surface area contributed by atoms with E-state index >= 15 is 0 Å². The van der Waals surface area contributed by atoms with Crippen molar-refractivity contribution in [3.63, 3.8) is 0 Å². The minimum atomic E-state index is -0.767. The van der Waals surface area contributed by atoms with E-state index in [9.17, 15) is 9.59 Å². The summed E-state index contributed by atoms with van der Waals surface area (Å²) in [6.45, 7) is 9.52. The SMILES string of the molecule is CCNC(C)CC(=O)NCCC(C)(C)CCC(=O)O. The zero-order chi connectivity index (χ0) is 14.9. The van der Waals surface area contributed by atoms with Crippen molar-refractivity contribution in [3.8, 4) is 0 Å². The van der Waals surface area contributed by atoms with Crippen LogP contribution in [0.4, 0.5) is 0 Å². The molecular weight excluding hydrogens is 244 g/mol. The fourth-order valence-corrected chi connectivity index (χ4v) is 1.88. The van der Waals surface area contributed by atoms with E-state index in [4.69, 9.17) is 5.11 Å². The van der Waals surface area contributed by atoms with Crippen LogP contribution in [0.2, 0.25) is 0 Å². The molecule has 0 fully saturated rings. The first-order valence-corrected chi connectivity index (χ1v) is 6.98. The maximum Gasteiger partial charge on any atom is 0.303 e. The molecule has 0 heterocycles. The van der Waals surface area contributed by atoms with Gasteiger partial charge >= 0.3 is 5.97 Å². The van der Waals surface area contributed by atoms with Crippen molar-refractivity contribution in [1.29, 1.82) is 0 Å². The molecule has 1 amide bonds. The van der Waals surface area contributed by atoms with Crippen molar-refractivity contribution in [2.24, 2.45) is 5.41 Å². The van der Waals surface area contributed by atoms with Gasteiger partial charge in [-0.2, -0.15) is 0 Å². The van der Waals surface area contributed by atoms with Gasteiger partial charge in [0.05, 0.1) is 0 Å². The van der Waals surface area contributed by atoms with Crippen LogP contribution >= 0.6 is 0 Å². The molecule has 0 aliphatic heterocycles. The lowest BCUT2D eigenvalue weighted by atomic mass is 9.84. The molecule has 0 saturated carbocycles. The minimum Gasteiger partial charge on any atom is -0.481 e. The predicted octanol–water partition coefficient (Wildman–Crippen LogP) is 1.77. The van der Waals surface area contributed by atoms with Crippen molar-refractivity contribution in [2.75, 3.05) is 13.1 Å². The number of carboxylic acid groups (broad SMARTS) is 1. The summed E-state index contributed by atoms with van der Waals surface area (Å²) in [7, 11) is 0. The molecule has 112 valence electrons. The molecule has 0 saturated heterocycles. The fourth-order valence-electron chi connectivity index (χ4n) is 1.88. The molecular formula is C14H28N2O3. The lowest BCUT2D eigenvalue weighted by Gasteiger charge is -2.24. The zero-order valence-corrected chi connectivity index (χ0v) is 12.6. The van der Waals surface area contributed by atoms with E-state index in [2.05, 4.69) is 10.6 Å². The highest BCUT2D eigenvalue weighted by Crippen LogP contribution is 2.25. The molecule has 1 atom stereocenters. The molecule has 0 aromatic carbocycles. The lowest BCUT2D eigenvalue weighted by Crippen LogP contribution is -2.35. The van der Waals surface area contributed by atoms with Crippen LogP contribution in [0.1, 0.15) is 53.4 Å². The molecule has 0 aromatic heterocycles. The number of carbonyl (C=O) groups is 2. The van der Waals surface area contributed by atoms with Gasteiger partial charge in [0.15, 0.2) is 0 Å². The number of hydrogen-bond acceptors (Lipinski definition) is 3. The average molecular weight is 272 g/mol. The van der Waals surface area contributed by atoms with Gasteiger partial charge in [-0.25, -0.2) is 0 Å². The molecule has 1 unspecified atom stereocenters. The van der Waals surface area contributed by atoms with Gasteiger partial charge in [0.2, 0.25) is 5.91 Å². The summed E-state index contributed by atoms with van der Waals surface area (Å²) in [6.07, 6.45) is 2.08. The Labute approximate surface area is 116 Å². The summed E-state index contributed by atoms with van der Waals surface area (Å²) in [5.74, 6) is -0.723. The lowest BCUT2D eigenvalue weighted by molar-refractivity contribution is -0.137. The second-order valence-electron chi connectivity index (χ2n) is 5.82. The first-order valence-electron chi connectivity index (χ1n) is 6.98. The largest absolute Gasteiger partial charge is 0.481 e. The molecule has 0 bridgehead atoms. The van der Waals surface area contributed by atoms with Crippen molar-refractivity contribution >= 4 is 11.9 Å². The van der Waals surface area contributed by atoms with E-state index < -0.39 is 5.97 Å². The number of rotatable bonds is 10. The van der Waals surface area contributed by atoms with E-state index in [0.717, 1.165) is 13.0 Å². The first-order chi connectivity index (χ1) is 8.76. The molecule has 0 spiro atoms. The van der Waals surface area contributed by atoms with Crippen LogP contribution in [0, 0.1) is 5.41 Å². The van der Waals surface area contributed by atoms with Crippen molar-refractivity contribution in [2.45, 2.75) is 59.4 Å². The second-order valence-corrected chi connectivity index (χ2v) is 5.82. The van der Waals surface area contributed by atoms with Gasteiger partial charge in [0, 0.05) is 25.4 Å². The van der Waals surface area contributed by atoms with Gasteiger partial charge in [-0.05, 0) is 31.7 Å². The van der Waals surface area contributed by atoms with E-state index in [0.29, 0.717) is 19.4 Å². The van der Waals surface area contributed by atoms with Crippen LogP contribution in [0.5, 0.6) is 0 Å². The van der Waals surface area contributed by atoms with Crippen molar-refractivity contribution < 1.29 is 14.7 Å². The summed E-state index contributed by atoms with van der Waals surface area (Å²) in [6, 6.07) is 0.185. The second kappa shape index (κ2) is 8.91. The summed E-state index contributed by atoms with van der Waals surface area (Å²) in [5, 5.41) is 14.7. The van der Waals surface area contributed by atoms with Crippen LogP contribution < -0.4 is 10.6 Å². The third-order valence-electron chi connectivity index (χ3n) is 3.18. The third kappa shape index (κ3) is 10.5. The van der Waals surface area contributed by atoms with Gasteiger partial charge < -0.3 is 15.7 Å². The van der Waals surface area contributed by atoms with Gasteiger partial charge in [0.1, 0.15) is 0 Å². The Balaban J connectivity index is 3.82. The van der Waals surface area contributed by atoms with Gasteiger partial charge in [-0.15, -0.1) is 0 Å². The zero-order valence-electron chi connectivity index (χ0n) is 12.6. The molecule has 5 heteroatoms. The van der Waals surface area contributed by atoms with Crippen LogP contribution in [0.25, 0.3) is 0 Å². The van der Waals surface area contributed by atoms with Gasteiger partial charge in [-0.1, -0.05) is 20.8 Å². The summed E-state index contributed by atoms with van der Waals surface area (Å²) < 4.78 is 0. The molecule has 3 N–H and O–H groups in total. The number of carboxylic acids is 1. The Bertz CT molecular complexity index is 290. The molecule has 5 nitrogen and oxygen atoms in total. The molecule has 0 aromatic rings. The first kappa shape index (κ1) is 17.9. The fraction of sp³-hybridized carbons (Fsp3) is 0.857. The normalized spacial score (nSPS) is 13.1. The topological polar surface area (TPSA) is 78.4 Å². The highest BCUT2D eigenvalue weighted by Gasteiger charge is 2.19. The maximum atomic E-state index is 11.6. The minimum absolute atomic E-state index is 0.0440. The van der Waals surface area contributed by atoms with Crippen LogP contribution in [0.15, 0.2) is 0 Å². The van der Waals surface area contributed by atoms with Crippen LogP contribution in [0.3, 0.4) is 0 Å². The van der Waals surface area contributed by atoms with E-state index in [1.807, 2.05) is 27.7 Å². The molecule has 19 heavy (non-hydrogen) atoms. The molecule has 0 aliphatic carbocycles. The number of amides is 1. The smallest absolute Gasteiger partial charge is 0.303 e. The van der Waals surface area contributed by atoms with E-state index in [1.54, 1.807) is 0 Å². The van der Waals surface area contributed by atoms with Crippen LogP contribution in [-0.4, -0.2) is 36.1 Å². The average Bonchev–Trinajstić information content (AvgIpc) is 2.26. The molecule has 0 aliphatic rings. The Morgan fingerprint density at radius 3 is 2.42 bits per heavy atom. The Kier molecular flexibility index (Phi) is 8.39. The van der Waals surface area contributed by atoms with Gasteiger partial charge in [0.25, 0.3) is 0 Å². The molecule has 0 radical (unpaired) electrons. The maximum absolute atomic E-state index is 11.6. The monoisotopic (exact) mass is 272 g/mol. The van der Waals surface area contributed by atoms with E-state index in [1.165, 1.54) is 0 Å².